The number of carbonyl (C=O) groups excluding carboxylic acids is 1. The van der Waals surface area contributed by atoms with Crippen LogP contribution in [0.15, 0.2) is 42.0 Å². The highest BCUT2D eigenvalue weighted by molar-refractivity contribution is 7.13. The van der Waals surface area contributed by atoms with E-state index in [1.807, 2.05) is 13.2 Å². The van der Waals surface area contributed by atoms with Crippen molar-refractivity contribution in [2.45, 2.75) is 6.54 Å². The molecule has 3 rings (SSSR count). The molecule has 0 spiro atoms. The summed E-state index contributed by atoms with van der Waals surface area (Å²) in [5, 5.41) is 6.58. The van der Waals surface area contributed by atoms with E-state index in [0.29, 0.717) is 12.2 Å². The van der Waals surface area contributed by atoms with Gasteiger partial charge in [0.25, 0.3) is 5.91 Å². The summed E-state index contributed by atoms with van der Waals surface area (Å²) in [5.41, 5.74) is 2.00. The van der Waals surface area contributed by atoms with Crippen molar-refractivity contribution >= 4 is 17.2 Å². The monoisotopic (exact) mass is 330 g/mol. The number of thiazole rings is 1. The summed E-state index contributed by atoms with van der Waals surface area (Å²) in [6, 6.07) is 6.22. The van der Waals surface area contributed by atoms with Crippen molar-refractivity contribution in [1.82, 2.24) is 19.7 Å². The Kier molecular flexibility index (Phi) is 4.20. The van der Waals surface area contributed by atoms with Crippen molar-refractivity contribution in [3.05, 3.63) is 59.1 Å². The molecule has 0 N–H and O–H groups in total. The molecule has 0 aliphatic heterocycles. The van der Waals surface area contributed by atoms with Crippen LogP contribution in [0.25, 0.3) is 10.6 Å². The number of hydrogen-bond donors (Lipinski definition) is 0. The van der Waals surface area contributed by atoms with E-state index in [2.05, 4.69) is 10.1 Å². The second kappa shape index (κ2) is 6.29. The summed E-state index contributed by atoms with van der Waals surface area (Å²) in [7, 11) is 3.51. The molecule has 5 nitrogen and oxygen atoms in total. The van der Waals surface area contributed by atoms with Gasteiger partial charge in [-0.1, -0.05) is 12.1 Å². The van der Waals surface area contributed by atoms with Gasteiger partial charge in [-0.15, -0.1) is 11.3 Å². The van der Waals surface area contributed by atoms with Gasteiger partial charge in [-0.05, 0) is 17.7 Å². The number of aryl methyl sites for hydroxylation is 1. The quantitative estimate of drug-likeness (QED) is 0.739. The van der Waals surface area contributed by atoms with Crippen LogP contribution in [0, 0.1) is 5.82 Å². The molecule has 0 bridgehead atoms. The number of rotatable bonds is 4. The van der Waals surface area contributed by atoms with Crippen molar-refractivity contribution in [1.29, 1.82) is 0 Å². The molecule has 0 aliphatic carbocycles. The van der Waals surface area contributed by atoms with Crippen LogP contribution in [0.5, 0.6) is 0 Å². The molecule has 0 radical (unpaired) electrons. The molecule has 1 amide bonds. The highest BCUT2D eigenvalue weighted by Gasteiger charge is 2.17. The van der Waals surface area contributed by atoms with Gasteiger partial charge in [0.05, 0.1) is 6.20 Å². The lowest BCUT2D eigenvalue weighted by Crippen LogP contribution is -2.26. The fourth-order valence-electron chi connectivity index (χ4n) is 2.21. The molecule has 118 valence electrons. The second-order valence-electron chi connectivity index (χ2n) is 5.23. The van der Waals surface area contributed by atoms with Gasteiger partial charge in [0.2, 0.25) is 0 Å². The first kappa shape index (κ1) is 15.4. The van der Waals surface area contributed by atoms with Gasteiger partial charge >= 0.3 is 0 Å². The van der Waals surface area contributed by atoms with E-state index < -0.39 is 0 Å². The van der Waals surface area contributed by atoms with E-state index in [1.165, 1.54) is 28.4 Å². The van der Waals surface area contributed by atoms with E-state index in [1.54, 1.807) is 35.4 Å². The van der Waals surface area contributed by atoms with Crippen LogP contribution in [-0.4, -0.2) is 32.6 Å². The third-order valence-corrected chi connectivity index (χ3v) is 4.22. The standard InChI is InChI=1S/C16H15FN4OS/c1-20(8-11-4-3-5-13(17)6-11)16(22)14-10-23-15(19-14)12-7-18-21(2)9-12/h3-7,9-10H,8H2,1-2H3. The Hall–Kier alpha value is -2.54. The summed E-state index contributed by atoms with van der Waals surface area (Å²) in [5.74, 6) is -0.503. The molecule has 0 unspecified atom stereocenters. The third-order valence-electron chi connectivity index (χ3n) is 3.33. The minimum atomic E-state index is -0.309. The van der Waals surface area contributed by atoms with Crippen LogP contribution in [0.2, 0.25) is 0 Å². The molecular weight excluding hydrogens is 315 g/mol. The van der Waals surface area contributed by atoms with E-state index in [0.717, 1.165) is 16.1 Å². The summed E-state index contributed by atoms with van der Waals surface area (Å²) < 4.78 is 14.9. The Bertz CT molecular complexity index is 842. The largest absolute Gasteiger partial charge is 0.336 e. The lowest BCUT2D eigenvalue weighted by molar-refractivity contribution is 0.0780. The van der Waals surface area contributed by atoms with Crippen LogP contribution < -0.4 is 0 Å². The first-order valence-corrected chi connectivity index (χ1v) is 7.85. The van der Waals surface area contributed by atoms with Crippen LogP contribution in [0.4, 0.5) is 4.39 Å². The van der Waals surface area contributed by atoms with Gasteiger partial charge < -0.3 is 4.90 Å². The maximum atomic E-state index is 13.2. The van der Waals surface area contributed by atoms with Gasteiger partial charge in [0.1, 0.15) is 16.5 Å². The predicted octanol–water partition coefficient (Wildman–Crippen LogP) is 2.95. The van der Waals surface area contributed by atoms with Gasteiger partial charge in [-0.25, -0.2) is 9.37 Å². The van der Waals surface area contributed by atoms with Crippen molar-refractivity contribution < 1.29 is 9.18 Å². The van der Waals surface area contributed by atoms with E-state index in [-0.39, 0.29) is 11.7 Å². The number of aromatic nitrogens is 3. The van der Waals surface area contributed by atoms with Gasteiger partial charge in [-0.3, -0.25) is 9.48 Å². The lowest BCUT2D eigenvalue weighted by atomic mass is 10.2. The number of amides is 1. The minimum Gasteiger partial charge on any atom is -0.336 e. The van der Waals surface area contributed by atoms with E-state index in [9.17, 15) is 9.18 Å². The first-order valence-electron chi connectivity index (χ1n) is 6.97. The topological polar surface area (TPSA) is 51.0 Å². The Balaban J connectivity index is 1.74. The Morgan fingerprint density at radius 1 is 1.43 bits per heavy atom. The summed E-state index contributed by atoms with van der Waals surface area (Å²) in [6.45, 7) is 0.330. The van der Waals surface area contributed by atoms with Crippen molar-refractivity contribution in [3.63, 3.8) is 0 Å². The normalized spacial score (nSPS) is 10.7. The lowest BCUT2D eigenvalue weighted by Gasteiger charge is -2.15. The maximum Gasteiger partial charge on any atom is 0.273 e. The molecule has 0 saturated carbocycles. The van der Waals surface area contributed by atoms with Crippen LogP contribution in [-0.2, 0) is 13.6 Å². The fraction of sp³-hybridized carbons (Fsp3) is 0.188. The molecule has 7 heteroatoms. The first-order chi connectivity index (χ1) is 11.0. The maximum absolute atomic E-state index is 13.2. The zero-order chi connectivity index (χ0) is 16.4. The summed E-state index contributed by atoms with van der Waals surface area (Å²) in [6.07, 6.45) is 3.56. The average Bonchev–Trinajstić information content (AvgIpc) is 3.15. The van der Waals surface area contributed by atoms with Gasteiger partial charge in [0, 0.05) is 37.8 Å². The smallest absolute Gasteiger partial charge is 0.273 e. The Morgan fingerprint density at radius 3 is 2.96 bits per heavy atom. The number of carbonyl (C=O) groups is 1. The Morgan fingerprint density at radius 2 is 2.26 bits per heavy atom. The second-order valence-corrected chi connectivity index (χ2v) is 6.09. The molecule has 0 saturated heterocycles. The van der Waals surface area contributed by atoms with Crippen molar-refractivity contribution in [2.75, 3.05) is 7.05 Å². The van der Waals surface area contributed by atoms with Crippen LogP contribution in [0.1, 0.15) is 16.1 Å². The average molecular weight is 330 g/mol. The van der Waals surface area contributed by atoms with Crippen molar-refractivity contribution in [3.8, 4) is 10.6 Å². The van der Waals surface area contributed by atoms with Crippen LogP contribution >= 0.6 is 11.3 Å². The number of halogens is 1. The molecule has 2 aromatic heterocycles. The highest BCUT2D eigenvalue weighted by atomic mass is 32.1. The minimum absolute atomic E-state index is 0.194. The molecule has 0 atom stereocenters. The summed E-state index contributed by atoms with van der Waals surface area (Å²) >= 11 is 1.40. The predicted molar refractivity (Wildman–Crippen MR) is 86.5 cm³/mol. The zero-order valence-electron chi connectivity index (χ0n) is 12.7. The third kappa shape index (κ3) is 3.45. The molecule has 23 heavy (non-hydrogen) atoms. The Labute approximate surface area is 137 Å². The molecule has 0 aliphatic rings. The van der Waals surface area contributed by atoms with Crippen LogP contribution in [0.3, 0.4) is 0 Å². The number of hydrogen-bond acceptors (Lipinski definition) is 4. The molecular formula is C16H15FN4OS. The molecule has 0 fully saturated rings. The molecule has 3 aromatic rings. The van der Waals surface area contributed by atoms with Gasteiger partial charge in [0.15, 0.2) is 0 Å². The SMILES string of the molecule is CN(Cc1cccc(F)c1)C(=O)c1csc(-c2cnn(C)c2)n1. The fourth-order valence-corrected chi connectivity index (χ4v) is 2.98. The van der Waals surface area contributed by atoms with Gasteiger partial charge in [-0.2, -0.15) is 5.10 Å². The highest BCUT2D eigenvalue weighted by Crippen LogP contribution is 2.23. The van der Waals surface area contributed by atoms with Crippen molar-refractivity contribution in [2.24, 2.45) is 7.05 Å². The number of nitrogens with zero attached hydrogens (tertiary/aromatic N) is 4. The van der Waals surface area contributed by atoms with E-state index >= 15 is 0 Å². The molecule has 1 aromatic carbocycles. The van der Waals surface area contributed by atoms with E-state index in [4.69, 9.17) is 0 Å². The summed E-state index contributed by atoms with van der Waals surface area (Å²) in [4.78, 5) is 18.3. The zero-order valence-corrected chi connectivity index (χ0v) is 13.5. The number of benzene rings is 1. The molecule has 2 heterocycles.